The lowest BCUT2D eigenvalue weighted by Crippen LogP contribution is -2.41. The van der Waals surface area contributed by atoms with E-state index in [1.165, 1.54) is 12.8 Å². The smallest absolute Gasteiger partial charge is 0.257 e. The summed E-state index contributed by atoms with van der Waals surface area (Å²) in [5.41, 5.74) is 1.65. The van der Waals surface area contributed by atoms with Gasteiger partial charge in [-0.25, -0.2) is 9.67 Å². The highest BCUT2D eigenvalue weighted by Gasteiger charge is 2.26. The molecule has 150 valence electrons. The second kappa shape index (κ2) is 7.59. The molecular weight excluding hydrogens is 360 g/mol. The Kier molecular flexibility index (Phi) is 4.81. The van der Waals surface area contributed by atoms with Gasteiger partial charge in [0.1, 0.15) is 0 Å². The first kappa shape index (κ1) is 17.7. The number of nitrogens with one attached hydrogen (secondary N) is 1. The largest absolute Gasteiger partial charge is 0.378 e. The van der Waals surface area contributed by atoms with Gasteiger partial charge in [-0.1, -0.05) is 12.8 Å². The van der Waals surface area contributed by atoms with E-state index < -0.39 is 0 Å². The Morgan fingerprint density at radius 3 is 2.79 bits per heavy atom. The fourth-order valence-electron chi connectivity index (χ4n) is 4.48. The summed E-state index contributed by atoms with van der Waals surface area (Å²) in [6, 6.07) is 0.420. The average molecular weight is 386 g/mol. The zero-order valence-electron chi connectivity index (χ0n) is 16.0. The van der Waals surface area contributed by atoms with Crippen molar-refractivity contribution in [3.05, 3.63) is 27.4 Å². The number of anilines is 1. The third-order valence-corrected chi connectivity index (χ3v) is 6.04. The van der Waals surface area contributed by atoms with Gasteiger partial charge in [0.05, 0.1) is 37.1 Å². The lowest BCUT2D eigenvalue weighted by Gasteiger charge is -2.30. The van der Waals surface area contributed by atoms with Gasteiger partial charge < -0.3 is 9.64 Å². The predicted octanol–water partition coefficient (Wildman–Crippen LogP) is 0.266. The van der Waals surface area contributed by atoms with Crippen molar-refractivity contribution in [2.75, 3.05) is 37.7 Å². The molecule has 0 aromatic carbocycles. The Labute approximate surface area is 162 Å². The summed E-state index contributed by atoms with van der Waals surface area (Å²) in [5.74, 6) is 1.57. The second-order valence-electron chi connectivity index (χ2n) is 7.85. The maximum atomic E-state index is 12.7. The van der Waals surface area contributed by atoms with Crippen molar-refractivity contribution in [3.63, 3.8) is 0 Å². The standard InChI is InChI=1S/C18H26N8O2/c27-17-14-11-24(12-16-21-22-23-26(16)13-3-1-2-4-13)6-5-15(14)19-18(20-17)25-7-9-28-10-8-25/h13H,1-12H2,(H,19,20,27). The Bertz CT molecular complexity index is 882. The van der Waals surface area contributed by atoms with Crippen LogP contribution in [0, 0.1) is 0 Å². The molecule has 0 bridgehead atoms. The van der Waals surface area contributed by atoms with Gasteiger partial charge in [0, 0.05) is 32.6 Å². The number of hydrogen-bond donors (Lipinski definition) is 1. The molecule has 1 saturated heterocycles. The van der Waals surface area contributed by atoms with E-state index in [2.05, 4.69) is 30.3 Å². The SMILES string of the molecule is O=c1[nH]c(N2CCOCC2)nc2c1CN(Cc1nnnn1C1CCCC1)CC2. The van der Waals surface area contributed by atoms with E-state index in [1.807, 2.05) is 4.68 Å². The van der Waals surface area contributed by atoms with E-state index in [9.17, 15) is 4.79 Å². The number of fused-ring (bicyclic) bond motifs is 1. The van der Waals surface area contributed by atoms with Gasteiger partial charge in [0.25, 0.3) is 5.56 Å². The summed E-state index contributed by atoms with van der Waals surface area (Å²) in [7, 11) is 0. The monoisotopic (exact) mass is 386 g/mol. The first-order valence-corrected chi connectivity index (χ1v) is 10.2. The number of rotatable bonds is 4. The summed E-state index contributed by atoms with van der Waals surface area (Å²) in [6.45, 7) is 4.96. The number of aromatic nitrogens is 6. The van der Waals surface area contributed by atoms with E-state index in [0.717, 1.165) is 56.0 Å². The number of aromatic amines is 1. The molecule has 3 aliphatic rings. The molecule has 0 amide bonds. The molecule has 10 heteroatoms. The molecule has 2 fully saturated rings. The molecule has 0 unspecified atom stereocenters. The van der Waals surface area contributed by atoms with Crippen molar-refractivity contribution in [2.45, 2.75) is 51.2 Å². The van der Waals surface area contributed by atoms with Crippen LogP contribution in [0.4, 0.5) is 5.95 Å². The van der Waals surface area contributed by atoms with Crippen LogP contribution in [0.3, 0.4) is 0 Å². The third-order valence-electron chi connectivity index (χ3n) is 6.04. The number of nitrogens with zero attached hydrogens (tertiary/aromatic N) is 7. The van der Waals surface area contributed by atoms with Crippen LogP contribution >= 0.6 is 0 Å². The molecule has 0 atom stereocenters. The Morgan fingerprint density at radius 2 is 1.96 bits per heavy atom. The molecule has 2 aromatic rings. The van der Waals surface area contributed by atoms with Crippen LogP contribution in [0.1, 0.15) is 48.8 Å². The Balaban J connectivity index is 1.32. The second-order valence-corrected chi connectivity index (χ2v) is 7.85. The molecule has 1 aliphatic carbocycles. The molecule has 10 nitrogen and oxygen atoms in total. The van der Waals surface area contributed by atoms with Crippen LogP contribution in [-0.4, -0.2) is 67.9 Å². The molecule has 1 saturated carbocycles. The molecule has 0 radical (unpaired) electrons. The molecule has 4 heterocycles. The number of morpholine rings is 1. The molecular formula is C18H26N8O2. The summed E-state index contributed by atoms with van der Waals surface area (Å²) >= 11 is 0. The van der Waals surface area contributed by atoms with E-state index in [-0.39, 0.29) is 5.56 Å². The third kappa shape index (κ3) is 3.42. The summed E-state index contributed by atoms with van der Waals surface area (Å²) in [5, 5.41) is 12.4. The van der Waals surface area contributed by atoms with Gasteiger partial charge in [-0.15, -0.1) is 5.10 Å². The normalized spacial score (nSPS) is 21.2. The van der Waals surface area contributed by atoms with Crippen LogP contribution in [0.2, 0.25) is 0 Å². The molecule has 0 spiro atoms. The van der Waals surface area contributed by atoms with E-state index in [0.29, 0.717) is 38.3 Å². The van der Waals surface area contributed by atoms with Crippen molar-refractivity contribution in [3.8, 4) is 0 Å². The van der Waals surface area contributed by atoms with Crippen LogP contribution in [0.15, 0.2) is 4.79 Å². The number of H-pyrrole nitrogens is 1. The summed E-state index contributed by atoms with van der Waals surface area (Å²) < 4.78 is 7.38. The van der Waals surface area contributed by atoms with Gasteiger partial charge in [0.2, 0.25) is 5.95 Å². The van der Waals surface area contributed by atoms with Gasteiger partial charge in [0.15, 0.2) is 5.82 Å². The highest BCUT2D eigenvalue weighted by molar-refractivity contribution is 5.34. The minimum Gasteiger partial charge on any atom is -0.378 e. The quantitative estimate of drug-likeness (QED) is 0.798. The fraction of sp³-hybridized carbons (Fsp3) is 0.722. The van der Waals surface area contributed by atoms with E-state index in [4.69, 9.17) is 9.72 Å². The lowest BCUT2D eigenvalue weighted by molar-refractivity contribution is 0.122. The van der Waals surface area contributed by atoms with Crippen LogP contribution in [0.25, 0.3) is 0 Å². The Morgan fingerprint density at radius 1 is 1.14 bits per heavy atom. The Hall–Kier alpha value is -2.33. The van der Waals surface area contributed by atoms with Gasteiger partial charge in [-0.2, -0.15) is 0 Å². The highest BCUT2D eigenvalue weighted by atomic mass is 16.5. The number of ether oxygens (including phenoxy) is 1. The molecule has 2 aromatic heterocycles. The number of hydrogen-bond acceptors (Lipinski definition) is 8. The average Bonchev–Trinajstić information content (AvgIpc) is 3.40. The highest BCUT2D eigenvalue weighted by Crippen LogP contribution is 2.29. The number of tetrazole rings is 1. The van der Waals surface area contributed by atoms with Crippen molar-refractivity contribution in [2.24, 2.45) is 0 Å². The minimum atomic E-state index is -0.0356. The zero-order valence-corrected chi connectivity index (χ0v) is 16.0. The summed E-state index contributed by atoms with van der Waals surface area (Å²) in [6.07, 6.45) is 5.55. The molecule has 2 aliphatic heterocycles. The van der Waals surface area contributed by atoms with E-state index in [1.54, 1.807) is 0 Å². The lowest BCUT2D eigenvalue weighted by atomic mass is 10.1. The van der Waals surface area contributed by atoms with Crippen molar-refractivity contribution in [1.29, 1.82) is 0 Å². The van der Waals surface area contributed by atoms with Crippen molar-refractivity contribution >= 4 is 5.95 Å². The fourth-order valence-corrected chi connectivity index (χ4v) is 4.48. The first-order chi connectivity index (χ1) is 13.8. The van der Waals surface area contributed by atoms with Gasteiger partial charge in [-0.3, -0.25) is 14.7 Å². The van der Waals surface area contributed by atoms with Crippen LogP contribution < -0.4 is 10.5 Å². The van der Waals surface area contributed by atoms with E-state index >= 15 is 0 Å². The van der Waals surface area contributed by atoms with Crippen LogP contribution in [0.5, 0.6) is 0 Å². The minimum absolute atomic E-state index is 0.0356. The maximum absolute atomic E-state index is 12.7. The molecule has 5 rings (SSSR count). The van der Waals surface area contributed by atoms with Crippen molar-refractivity contribution in [1.82, 2.24) is 35.1 Å². The maximum Gasteiger partial charge on any atom is 0.257 e. The molecule has 28 heavy (non-hydrogen) atoms. The van der Waals surface area contributed by atoms with Crippen LogP contribution in [-0.2, 0) is 24.2 Å². The zero-order chi connectivity index (χ0) is 18.9. The van der Waals surface area contributed by atoms with Gasteiger partial charge in [-0.05, 0) is 23.3 Å². The molecule has 1 N–H and O–H groups in total. The topological polar surface area (TPSA) is 105 Å². The van der Waals surface area contributed by atoms with Gasteiger partial charge >= 0.3 is 0 Å². The van der Waals surface area contributed by atoms with Crippen molar-refractivity contribution < 1.29 is 4.74 Å². The first-order valence-electron chi connectivity index (χ1n) is 10.2. The summed E-state index contributed by atoms with van der Waals surface area (Å²) in [4.78, 5) is 24.8. The predicted molar refractivity (Wildman–Crippen MR) is 101 cm³/mol.